The second-order valence-corrected chi connectivity index (χ2v) is 8.06. The Hall–Kier alpha value is -4.20. The molecule has 8 nitrogen and oxygen atoms in total. The minimum Gasteiger partial charge on any atom is -0.485 e. The van der Waals surface area contributed by atoms with E-state index < -0.39 is 0 Å². The fraction of sp³-hybridized carbons (Fsp3) is 0.231. The van der Waals surface area contributed by atoms with Gasteiger partial charge in [0, 0.05) is 24.5 Å². The van der Waals surface area contributed by atoms with E-state index in [0.717, 1.165) is 16.7 Å². The minimum atomic E-state index is -0.359. The Morgan fingerprint density at radius 1 is 1.09 bits per heavy atom. The van der Waals surface area contributed by atoms with Crippen molar-refractivity contribution in [1.82, 2.24) is 10.3 Å². The molecule has 0 aliphatic carbocycles. The normalized spacial score (nSPS) is 12.5. The molecule has 1 aliphatic heterocycles. The summed E-state index contributed by atoms with van der Waals surface area (Å²) in [6.45, 7) is 3.73. The van der Waals surface area contributed by atoms with Gasteiger partial charge in [-0.3, -0.25) is 24.3 Å². The van der Waals surface area contributed by atoms with Crippen LogP contribution in [0, 0.1) is 13.8 Å². The number of Topliss-reactive ketones (excluding diaryl/α,β-unsaturated/α-hetero) is 1. The largest absolute Gasteiger partial charge is 0.485 e. The first-order valence-corrected chi connectivity index (χ1v) is 10.9. The Bertz CT molecular complexity index is 1230. The molecule has 2 amide bonds. The molecular formula is C26H25N3O5. The van der Waals surface area contributed by atoms with Gasteiger partial charge in [0.05, 0.1) is 5.69 Å². The SMILES string of the molecule is Cc1ccc(OCC(=O)c2ccc3c(c2)N(CC(=O)NCc2ccncc2)C(=O)CO3)c(C)c1. The van der Waals surface area contributed by atoms with Crippen LogP contribution >= 0.6 is 0 Å². The molecular weight excluding hydrogens is 434 g/mol. The zero-order chi connectivity index (χ0) is 24.1. The van der Waals surface area contributed by atoms with Gasteiger partial charge < -0.3 is 14.8 Å². The lowest BCUT2D eigenvalue weighted by molar-refractivity contribution is -0.125. The van der Waals surface area contributed by atoms with Gasteiger partial charge in [0.15, 0.2) is 19.0 Å². The number of nitrogens with one attached hydrogen (secondary N) is 1. The van der Waals surface area contributed by atoms with Crippen LogP contribution in [0.2, 0.25) is 0 Å². The standard InChI is InChI=1S/C26H25N3O5/c1-17-3-5-23(18(2)11-17)33-15-22(30)20-4-6-24-21(12-20)29(26(32)16-34-24)14-25(31)28-13-19-7-9-27-10-8-19/h3-12H,13-16H2,1-2H3,(H,28,31). The lowest BCUT2D eigenvalue weighted by Crippen LogP contribution is -2.45. The zero-order valence-corrected chi connectivity index (χ0v) is 19.0. The zero-order valence-electron chi connectivity index (χ0n) is 19.0. The highest BCUT2D eigenvalue weighted by Crippen LogP contribution is 2.33. The molecule has 1 N–H and O–H groups in total. The number of aromatic nitrogens is 1. The fourth-order valence-electron chi connectivity index (χ4n) is 3.64. The number of hydrogen-bond donors (Lipinski definition) is 1. The molecule has 0 saturated carbocycles. The maximum Gasteiger partial charge on any atom is 0.265 e. The van der Waals surface area contributed by atoms with E-state index in [4.69, 9.17) is 9.47 Å². The lowest BCUT2D eigenvalue weighted by Gasteiger charge is -2.29. The third-order valence-corrected chi connectivity index (χ3v) is 5.45. The minimum absolute atomic E-state index is 0.149. The molecule has 0 radical (unpaired) electrons. The summed E-state index contributed by atoms with van der Waals surface area (Å²) >= 11 is 0. The van der Waals surface area contributed by atoms with Crippen LogP contribution in [0.25, 0.3) is 0 Å². The van der Waals surface area contributed by atoms with Crippen molar-refractivity contribution in [1.29, 1.82) is 0 Å². The number of fused-ring (bicyclic) bond motifs is 1. The van der Waals surface area contributed by atoms with Crippen molar-refractivity contribution in [2.24, 2.45) is 0 Å². The molecule has 0 fully saturated rings. The molecule has 4 rings (SSSR count). The van der Waals surface area contributed by atoms with Gasteiger partial charge in [-0.15, -0.1) is 0 Å². The van der Waals surface area contributed by atoms with Crippen molar-refractivity contribution in [2.45, 2.75) is 20.4 Å². The van der Waals surface area contributed by atoms with Crippen LogP contribution in [0.5, 0.6) is 11.5 Å². The number of hydrogen-bond acceptors (Lipinski definition) is 6. The van der Waals surface area contributed by atoms with E-state index in [1.165, 1.54) is 4.90 Å². The Kier molecular flexibility index (Phi) is 6.87. The molecule has 2 aromatic carbocycles. The van der Waals surface area contributed by atoms with Gasteiger partial charge in [0.2, 0.25) is 5.91 Å². The Labute approximate surface area is 197 Å². The van der Waals surface area contributed by atoms with Gasteiger partial charge >= 0.3 is 0 Å². The van der Waals surface area contributed by atoms with Gasteiger partial charge in [-0.25, -0.2) is 0 Å². The number of carbonyl (C=O) groups excluding carboxylic acids is 3. The Balaban J connectivity index is 1.44. The Morgan fingerprint density at radius 2 is 1.88 bits per heavy atom. The summed E-state index contributed by atoms with van der Waals surface area (Å²) in [5, 5.41) is 2.79. The van der Waals surface area contributed by atoms with E-state index in [1.54, 1.807) is 42.7 Å². The molecule has 0 atom stereocenters. The molecule has 174 valence electrons. The third-order valence-electron chi connectivity index (χ3n) is 5.45. The molecule has 2 heterocycles. The maximum absolute atomic E-state index is 12.8. The van der Waals surface area contributed by atoms with Gasteiger partial charge in [0.25, 0.3) is 5.91 Å². The van der Waals surface area contributed by atoms with Crippen molar-refractivity contribution >= 4 is 23.3 Å². The third kappa shape index (κ3) is 5.40. The van der Waals surface area contributed by atoms with Gasteiger partial charge in [-0.1, -0.05) is 17.7 Å². The number of ether oxygens (including phenoxy) is 2. The highest BCUT2D eigenvalue weighted by molar-refractivity contribution is 6.04. The molecule has 1 aliphatic rings. The van der Waals surface area contributed by atoms with Crippen LogP contribution in [0.4, 0.5) is 5.69 Å². The number of amides is 2. The predicted octanol–water partition coefficient (Wildman–Crippen LogP) is 3.00. The molecule has 0 unspecified atom stereocenters. The van der Waals surface area contributed by atoms with Gasteiger partial charge in [-0.2, -0.15) is 0 Å². The summed E-state index contributed by atoms with van der Waals surface area (Å²) in [5.74, 6) is 0.148. The van der Waals surface area contributed by atoms with Crippen LogP contribution < -0.4 is 19.7 Å². The van der Waals surface area contributed by atoms with Crippen molar-refractivity contribution in [3.8, 4) is 11.5 Å². The summed E-state index contributed by atoms with van der Waals surface area (Å²) in [6, 6.07) is 14.2. The number of anilines is 1. The van der Waals surface area contributed by atoms with E-state index in [9.17, 15) is 14.4 Å². The lowest BCUT2D eigenvalue weighted by atomic mass is 10.1. The highest BCUT2D eigenvalue weighted by Gasteiger charge is 2.28. The summed E-state index contributed by atoms with van der Waals surface area (Å²) in [4.78, 5) is 43.1. The molecule has 1 aromatic heterocycles. The summed E-state index contributed by atoms with van der Waals surface area (Å²) in [6.07, 6.45) is 3.29. The fourth-order valence-corrected chi connectivity index (χ4v) is 3.64. The summed E-state index contributed by atoms with van der Waals surface area (Å²) in [7, 11) is 0. The first kappa shape index (κ1) is 23.0. The second kappa shape index (κ2) is 10.2. The smallest absolute Gasteiger partial charge is 0.265 e. The van der Waals surface area contributed by atoms with E-state index in [1.807, 2.05) is 32.0 Å². The van der Waals surface area contributed by atoms with Crippen LogP contribution in [0.3, 0.4) is 0 Å². The maximum atomic E-state index is 12.8. The molecule has 3 aromatic rings. The van der Waals surface area contributed by atoms with E-state index in [-0.39, 0.29) is 37.4 Å². The average Bonchev–Trinajstić information content (AvgIpc) is 2.84. The topological polar surface area (TPSA) is 97.8 Å². The predicted molar refractivity (Wildman–Crippen MR) is 126 cm³/mol. The summed E-state index contributed by atoms with van der Waals surface area (Å²) in [5.41, 5.74) is 3.70. The van der Waals surface area contributed by atoms with Crippen LogP contribution in [-0.2, 0) is 16.1 Å². The molecule has 34 heavy (non-hydrogen) atoms. The molecule has 0 saturated heterocycles. The van der Waals surface area contributed by atoms with Gasteiger partial charge in [0.1, 0.15) is 18.0 Å². The monoisotopic (exact) mass is 459 g/mol. The van der Waals surface area contributed by atoms with E-state index in [0.29, 0.717) is 29.3 Å². The number of pyridine rings is 1. The number of rotatable bonds is 8. The number of ketones is 1. The van der Waals surface area contributed by atoms with E-state index in [2.05, 4.69) is 10.3 Å². The molecule has 0 bridgehead atoms. The number of nitrogens with zero attached hydrogens (tertiary/aromatic N) is 2. The van der Waals surface area contributed by atoms with Crippen LogP contribution in [0.15, 0.2) is 60.9 Å². The number of carbonyl (C=O) groups is 3. The average molecular weight is 460 g/mol. The first-order chi connectivity index (χ1) is 16.4. The Morgan fingerprint density at radius 3 is 2.65 bits per heavy atom. The van der Waals surface area contributed by atoms with E-state index >= 15 is 0 Å². The van der Waals surface area contributed by atoms with Crippen molar-refractivity contribution in [2.75, 3.05) is 24.7 Å². The first-order valence-electron chi connectivity index (χ1n) is 10.9. The number of benzene rings is 2. The quantitative estimate of drug-likeness (QED) is 0.520. The second-order valence-electron chi connectivity index (χ2n) is 8.06. The van der Waals surface area contributed by atoms with Crippen LogP contribution in [-0.4, -0.2) is 42.3 Å². The van der Waals surface area contributed by atoms with Crippen LogP contribution in [0.1, 0.15) is 27.0 Å². The van der Waals surface area contributed by atoms with Crippen molar-refractivity contribution in [3.63, 3.8) is 0 Å². The summed E-state index contributed by atoms with van der Waals surface area (Å²) < 4.78 is 11.2. The molecule has 8 heteroatoms. The molecule has 0 spiro atoms. The van der Waals surface area contributed by atoms with Gasteiger partial charge in [-0.05, 0) is 61.4 Å². The van der Waals surface area contributed by atoms with Crippen molar-refractivity contribution in [3.05, 3.63) is 83.2 Å². The number of aryl methyl sites for hydroxylation is 2. The highest BCUT2D eigenvalue weighted by atomic mass is 16.5. The van der Waals surface area contributed by atoms with Crippen molar-refractivity contribution < 1.29 is 23.9 Å².